The van der Waals surface area contributed by atoms with Crippen molar-refractivity contribution in [3.63, 3.8) is 0 Å². The average molecular weight is 424 g/mol. The highest BCUT2D eigenvalue weighted by Gasteiger charge is 2.33. The Morgan fingerprint density at radius 3 is 2.16 bits per heavy atom. The number of amides is 3. The summed E-state index contributed by atoms with van der Waals surface area (Å²) in [7, 11) is 0. The average Bonchev–Trinajstić information content (AvgIpc) is 3.14. The number of carbonyl (C=O) groups is 3. The number of rotatable bonds is 4. The SMILES string of the molecule is CC(=O)c1ccc(N2CCN(C(=O)N[C@H]3CC(=O)N(c4ccc(F)cc4)C3)CC2)cc1. The largest absolute Gasteiger partial charge is 0.368 e. The van der Waals surface area contributed by atoms with Crippen molar-refractivity contribution in [3.8, 4) is 0 Å². The fourth-order valence-corrected chi connectivity index (χ4v) is 4.02. The van der Waals surface area contributed by atoms with Gasteiger partial charge in [-0.05, 0) is 55.5 Å². The van der Waals surface area contributed by atoms with Crippen LogP contribution in [0, 0.1) is 5.82 Å². The van der Waals surface area contributed by atoms with Gasteiger partial charge in [-0.1, -0.05) is 0 Å². The third-order valence-electron chi connectivity index (χ3n) is 5.80. The molecule has 2 aliphatic heterocycles. The van der Waals surface area contributed by atoms with Crippen molar-refractivity contribution in [1.29, 1.82) is 0 Å². The number of anilines is 2. The van der Waals surface area contributed by atoms with Gasteiger partial charge in [0.15, 0.2) is 5.78 Å². The zero-order valence-corrected chi connectivity index (χ0v) is 17.4. The lowest BCUT2D eigenvalue weighted by Crippen LogP contribution is -2.53. The lowest BCUT2D eigenvalue weighted by molar-refractivity contribution is -0.117. The molecule has 0 saturated carbocycles. The minimum Gasteiger partial charge on any atom is -0.368 e. The number of benzene rings is 2. The van der Waals surface area contributed by atoms with Crippen molar-refractivity contribution in [1.82, 2.24) is 10.2 Å². The van der Waals surface area contributed by atoms with Crippen LogP contribution in [0.15, 0.2) is 48.5 Å². The van der Waals surface area contributed by atoms with Crippen LogP contribution in [-0.2, 0) is 4.79 Å². The summed E-state index contributed by atoms with van der Waals surface area (Å²) < 4.78 is 13.1. The summed E-state index contributed by atoms with van der Waals surface area (Å²) in [5.74, 6) is -0.402. The second-order valence-electron chi connectivity index (χ2n) is 7.91. The van der Waals surface area contributed by atoms with Gasteiger partial charge in [0.25, 0.3) is 0 Å². The third-order valence-corrected chi connectivity index (χ3v) is 5.80. The Bertz CT molecular complexity index is 969. The summed E-state index contributed by atoms with van der Waals surface area (Å²) >= 11 is 0. The molecular formula is C23H25FN4O3. The monoisotopic (exact) mass is 424 g/mol. The van der Waals surface area contributed by atoms with Crippen molar-refractivity contribution in [3.05, 3.63) is 59.9 Å². The van der Waals surface area contributed by atoms with Crippen LogP contribution in [-0.4, -0.2) is 61.4 Å². The summed E-state index contributed by atoms with van der Waals surface area (Å²) in [6.07, 6.45) is 0.228. The standard InChI is InChI=1S/C23H25FN4O3/c1-16(29)17-2-6-20(7-3-17)26-10-12-27(13-11-26)23(31)25-19-14-22(30)28(15-19)21-8-4-18(24)5-9-21/h2-9,19H,10-15H2,1H3,(H,25,31)/t19-/m0/s1. The van der Waals surface area contributed by atoms with E-state index in [9.17, 15) is 18.8 Å². The molecule has 0 bridgehead atoms. The number of carbonyl (C=O) groups excluding carboxylic acids is 3. The molecule has 2 aromatic rings. The van der Waals surface area contributed by atoms with Crippen LogP contribution >= 0.6 is 0 Å². The maximum absolute atomic E-state index is 13.1. The first-order valence-corrected chi connectivity index (χ1v) is 10.4. The van der Waals surface area contributed by atoms with Gasteiger partial charge >= 0.3 is 6.03 Å². The molecule has 0 unspecified atom stereocenters. The number of hydrogen-bond donors (Lipinski definition) is 1. The normalized spacial score (nSPS) is 19.0. The Morgan fingerprint density at radius 2 is 1.55 bits per heavy atom. The van der Waals surface area contributed by atoms with E-state index in [1.165, 1.54) is 12.1 Å². The van der Waals surface area contributed by atoms with Gasteiger partial charge in [-0.15, -0.1) is 0 Å². The lowest BCUT2D eigenvalue weighted by atomic mass is 10.1. The molecule has 1 atom stereocenters. The number of nitrogens with one attached hydrogen (secondary N) is 1. The Balaban J connectivity index is 1.29. The van der Waals surface area contributed by atoms with E-state index >= 15 is 0 Å². The van der Waals surface area contributed by atoms with Crippen LogP contribution < -0.4 is 15.1 Å². The molecule has 8 heteroatoms. The predicted molar refractivity (Wildman–Crippen MR) is 116 cm³/mol. The molecule has 2 saturated heterocycles. The minimum absolute atomic E-state index is 0.0384. The van der Waals surface area contributed by atoms with E-state index in [2.05, 4.69) is 10.2 Å². The fourth-order valence-electron chi connectivity index (χ4n) is 4.02. The van der Waals surface area contributed by atoms with Crippen molar-refractivity contribution in [2.45, 2.75) is 19.4 Å². The number of nitrogens with zero attached hydrogens (tertiary/aromatic N) is 3. The number of urea groups is 1. The van der Waals surface area contributed by atoms with Gasteiger partial charge in [0.1, 0.15) is 5.82 Å². The Hall–Kier alpha value is -3.42. The summed E-state index contributed by atoms with van der Waals surface area (Å²) in [4.78, 5) is 42.0. The first kappa shape index (κ1) is 20.8. The van der Waals surface area contributed by atoms with Crippen LogP contribution in [0.5, 0.6) is 0 Å². The second kappa shape index (κ2) is 8.75. The van der Waals surface area contributed by atoms with Gasteiger partial charge in [-0.3, -0.25) is 9.59 Å². The van der Waals surface area contributed by atoms with Gasteiger partial charge in [-0.25, -0.2) is 9.18 Å². The van der Waals surface area contributed by atoms with Gasteiger partial charge in [-0.2, -0.15) is 0 Å². The summed E-state index contributed by atoms with van der Waals surface area (Å²) in [5.41, 5.74) is 2.34. The first-order valence-electron chi connectivity index (χ1n) is 10.4. The number of hydrogen-bond acceptors (Lipinski definition) is 4. The highest BCUT2D eigenvalue weighted by atomic mass is 19.1. The van der Waals surface area contributed by atoms with Crippen LogP contribution in [0.2, 0.25) is 0 Å². The van der Waals surface area contributed by atoms with E-state index in [0.717, 1.165) is 5.69 Å². The van der Waals surface area contributed by atoms with E-state index in [4.69, 9.17) is 0 Å². The van der Waals surface area contributed by atoms with Crippen LogP contribution in [0.1, 0.15) is 23.7 Å². The third kappa shape index (κ3) is 4.68. The number of ketones is 1. The maximum Gasteiger partial charge on any atom is 0.317 e. The second-order valence-corrected chi connectivity index (χ2v) is 7.91. The van der Waals surface area contributed by atoms with E-state index in [-0.39, 0.29) is 36.0 Å². The molecule has 162 valence electrons. The molecule has 1 N–H and O–H groups in total. The Morgan fingerprint density at radius 1 is 0.935 bits per heavy atom. The Kier molecular flexibility index (Phi) is 5.88. The Labute approximate surface area is 180 Å². The van der Waals surface area contributed by atoms with Crippen molar-refractivity contribution < 1.29 is 18.8 Å². The van der Waals surface area contributed by atoms with Crippen LogP contribution in [0.4, 0.5) is 20.6 Å². The molecule has 7 nitrogen and oxygen atoms in total. The number of Topliss-reactive ketones (excluding diaryl/α,β-unsaturated/α-hetero) is 1. The van der Waals surface area contributed by atoms with E-state index in [1.807, 2.05) is 24.3 Å². The number of piperazine rings is 1. The quantitative estimate of drug-likeness (QED) is 0.766. The molecule has 2 heterocycles. The van der Waals surface area contributed by atoms with Gasteiger partial charge < -0.3 is 20.0 Å². The first-order chi connectivity index (χ1) is 14.9. The highest BCUT2D eigenvalue weighted by molar-refractivity contribution is 5.97. The van der Waals surface area contributed by atoms with Crippen molar-refractivity contribution in [2.24, 2.45) is 0 Å². The van der Waals surface area contributed by atoms with Gasteiger partial charge in [0.2, 0.25) is 5.91 Å². The molecule has 3 amide bonds. The summed E-state index contributed by atoms with van der Waals surface area (Å²) in [6.45, 7) is 4.45. The zero-order valence-electron chi connectivity index (χ0n) is 17.4. The maximum atomic E-state index is 13.1. The van der Waals surface area contributed by atoms with Crippen molar-refractivity contribution in [2.75, 3.05) is 42.5 Å². The summed E-state index contributed by atoms with van der Waals surface area (Å²) in [6, 6.07) is 12.8. The predicted octanol–water partition coefficient (Wildman–Crippen LogP) is 2.67. The van der Waals surface area contributed by atoms with Crippen LogP contribution in [0.25, 0.3) is 0 Å². The van der Waals surface area contributed by atoms with Crippen molar-refractivity contribution >= 4 is 29.1 Å². The molecule has 0 spiro atoms. The lowest BCUT2D eigenvalue weighted by Gasteiger charge is -2.36. The summed E-state index contributed by atoms with van der Waals surface area (Å²) in [5, 5.41) is 2.96. The molecule has 2 aromatic carbocycles. The number of halogens is 1. The van der Waals surface area contributed by atoms with Gasteiger partial charge in [0, 0.05) is 56.1 Å². The van der Waals surface area contributed by atoms with E-state index in [0.29, 0.717) is 44.0 Å². The fraction of sp³-hybridized carbons (Fsp3) is 0.348. The van der Waals surface area contributed by atoms with Crippen LogP contribution in [0.3, 0.4) is 0 Å². The van der Waals surface area contributed by atoms with Gasteiger partial charge in [0.05, 0.1) is 6.04 Å². The molecular weight excluding hydrogens is 399 g/mol. The van der Waals surface area contributed by atoms with E-state index < -0.39 is 0 Å². The molecule has 31 heavy (non-hydrogen) atoms. The molecule has 4 rings (SSSR count). The topological polar surface area (TPSA) is 73.0 Å². The smallest absolute Gasteiger partial charge is 0.317 e. The molecule has 0 aromatic heterocycles. The molecule has 2 fully saturated rings. The molecule has 0 radical (unpaired) electrons. The zero-order chi connectivity index (χ0) is 22.0. The molecule has 2 aliphatic rings. The highest BCUT2D eigenvalue weighted by Crippen LogP contribution is 2.22. The molecule has 0 aliphatic carbocycles. The van der Waals surface area contributed by atoms with E-state index in [1.54, 1.807) is 28.9 Å². The minimum atomic E-state index is -0.353.